The number of hydrogen-bond acceptors (Lipinski definition) is 10. The van der Waals surface area contributed by atoms with Gasteiger partial charge in [-0.3, -0.25) is 0 Å². The number of benzene rings is 4. The molecule has 1 aliphatic heterocycles. The molecule has 0 saturated carbocycles. The summed E-state index contributed by atoms with van der Waals surface area (Å²) in [5.41, 5.74) is 2.33. The Bertz CT molecular complexity index is 1690. The number of rotatable bonds is 15. The van der Waals surface area contributed by atoms with E-state index in [4.69, 9.17) is 38.0 Å². The summed E-state index contributed by atoms with van der Waals surface area (Å²) in [6, 6.07) is 25.9. The topological polar surface area (TPSA) is 94.2 Å². The summed E-state index contributed by atoms with van der Waals surface area (Å²) in [5.74, 6) is 3.14. The zero-order chi connectivity index (χ0) is 35.5. The summed E-state index contributed by atoms with van der Waals surface area (Å²) in [4.78, 5) is 18.1. The maximum Gasteiger partial charge on any atom is 0.528 e. The van der Waals surface area contributed by atoms with Crippen LogP contribution in [-0.4, -0.2) is 70.6 Å². The first-order valence-electron chi connectivity index (χ1n) is 17.0. The van der Waals surface area contributed by atoms with Crippen LogP contribution in [0.3, 0.4) is 0 Å². The largest absolute Gasteiger partial charge is 0.528 e. The minimum atomic E-state index is -0.734. The second-order valence-electron chi connectivity index (χ2n) is 13.1. The molecule has 1 aliphatic rings. The summed E-state index contributed by atoms with van der Waals surface area (Å²) in [6.45, 7) is 8.19. The van der Waals surface area contributed by atoms with Crippen LogP contribution in [0.15, 0.2) is 78.9 Å². The first-order valence-corrected chi connectivity index (χ1v) is 17.0. The summed E-state index contributed by atoms with van der Waals surface area (Å²) < 4.78 is 40.9. The molecule has 5 rings (SSSR count). The van der Waals surface area contributed by atoms with Crippen molar-refractivity contribution in [1.29, 1.82) is 0 Å². The third-order valence-electron chi connectivity index (χ3n) is 8.49. The van der Waals surface area contributed by atoms with E-state index < -0.39 is 11.8 Å². The van der Waals surface area contributed by atoms with E-state index in [0.29, 0.717) is 39.3 Å². The molecule has 2 atom stereocenters. The molecule has 268 valence electrons. The lowest BCUT2D eigenvalue weighted by atomic mass is 9.87. The third kappa shape index (κ3) is 9.80. The van der Waals surface area contributed by atoms with Crippen LogP contribution >= 0.6 is 0 Å². The molecule has 0 spiro atoms. The van der Waals surface area contributed by atoms with Crippen molar-refractivity contribution in [1.82, 2.24) is 5.06 Å². The first kappa shape index (κ1) is 36.8. The van der Waals surface area contributed by atoms with Crippen molar-refractivity contribution in [3.63, 3.8) is 0 Å². The van der Waals surface area contributed by atoms with Crippen LogP contribution in [0.2, 0.25) is 0 Å². The zero-order valence-electron chi connectivity index (χ0n) is 29.9. The van der Waals surface area contributed by atoms with Gasteiger partial charge in [0.15, 0.2) is 0 Å². The maximum atomic E-state index is 12.5. The summed E-state index contributed by atoms with van der Waals surface area (Å²) in [6.07, 6.45) is 0.421. The van der Waals surface area contributed by atoms with E-state index >= 15 is 0 Å². The second kappa shape index (κ2) is 17.4. The van der Waals surface area contributed by atoms with E-state index in [1.165, 1.54) is 0 Å². The molecule has 0 aromatic heterocycles. The number of piperidine rings is 1. The van der Waals surface area contributed by atoms with Crippen molar-refractivity contribution < 1.29 is 42.8 Å². The smallest absolute Gasteiger partial charge is 0.496 e. The Kier molecular flexibility index (Phi) is 12.8. The minimum absolute atomic E-state index is 0.0410. The molecule has 50 heavy (non-hydrogen) atoms. The van der Waals surface area contributed by atoms with E-state index in [9.17, 15) is 4.79 Å². The number of ether oxygens (including phenoxy) is 7. The number of fused-ring (bicyclic) bond motifs is 1. The molecular weight excluding hydrogens is 638 g/mol. The van der Waals surface area contributed by atoms with Crippen molar-refractivity contribution >= 4 is 16.9 Å². The highest BCUT2D eigenvalue weighted by Gasteiger charge is 2.34. The molecule has 4 aromatic rings. The average molecular weight is 688 g/mol. The standard InChI is InChI=1S/C40H49NO9/c1-40(2,3)49-39(42)50-41-21-20-32(37(25-41)48-27-30-24-36(44-5)33-13-8-9-14-34(33)38(30)45-6)28-16-18-31(19-17-28)47-23-11-22-46-26-29-12-7-10-15-35(29)43-4/h7-10,12-19,24,32,37H,11,20-23,25-27H2,1-6H3. The predicted molar refractivity (Wildman–Crippen MR) is 191 cm³/mol. The molecule has 0 aliphatic carbocycles. The number of carbonyl (C=O) groups is 1. The predicted octanol–water partition coefficient (Wildman–Crippen LogP) is 8.09. The fourth-order valence-corrected chi connectivity index (χ4v) is 6.15. The van der Waals surface area contributed by atoms with Crippen LogP contribution in [0.5, 0.6) is 23.0 Å². The molecule has 10 heteroatoms. The lowest BCUT2D eigenvalue weighted by Crippen LogP contribution is -2.45. The fourth-order valence-electron chi connectivity index (χ4n) is 6.15. The SMILES string of the molecule is COc1ccccc1COCCCOc1ccc(C2CCN(OC(=O)OC(C)(C)C)CC2OCc2cc(OC)c3ccccc3c2OC)cc1. The summed E-state index contributed by atoms with van der Waals surface area (Å²) in [5, 5.41) is 3.54. The lowest BCUT2D eigenvalue weighted by molar-refractivity contribution is -0.179. The second-order valence-corrected chi connectivity index (χ2v) is 13.1. The molecular formula is C40H49NO9. The maximum absolute atomic E-state index is 12.5. The molecule has 10 nitrogen and oxygen atoms in total. The van der Waals surface area contributed by atoms with Crippen molar-refractivity contribution in [2.45, 2.75) is 64.4 Å². The number of methoxy groups -OCH3 is 3. The summed E-state index contributed by atoms with van der Waals surface area (Å²) in [7, 11) is 4.99. The molecule has 4 aromatic carbocycles. The highest BCUT2D eigenvalue weighted by atomic mass is 16.8. The molecule has 0 radical (unpaired) electrons. The van der Waals surface area contributed by atoms with Gasteiger partial charge in [-0.25, -0.2) is 4.79 Å². The number of nitrogens with zero attached hydrogens (tertiary/aromatic N) is 1. The first-order chi connectivity index (χ1) is 24.2. The van der Waals surface area contributed by atoms with E-state index in [1.54, 1.807) is 26.4 Å². The Morgan fingerprint density at radius 2 is 1.52 bits per heavy atom. The number of para-hydroxylation sites is 1. The fraction of sp³-hybridized carbons (Fsp3) is 0.425. The number of carbonyl (C=O) groups excluding carboxylic acids is 1. The Hall–Kier alpha value is -4.51. The van der Waals surface area contributed by atoms with Crippen LogP contribution < -0.4 is 18.9 Å². The van der Waals surface area contributed by atoms with Gasteiger partial charge < -0.3 is 38.0 Å². The van der Waals surface area contributed by atoms with Crippen LogP contribution in [0.4, 0.5) is 4.79 Å². The van der Waals surface area contributed by atoms with E-state index in [1.807, 2.05) is 87.5 Å². The van der Waals surface area contributed by atoms with Gasteiger partial charge in [-0.1, -0.05) is 54.6 Å². The monoisotopic (exact) mass is 687 g/mol. The molecule has 0 N–H and O–H groups in total. The van der Waals surface area contributed by atoms with Crippen molar-refractivity contribution in [2.24, 2.45) is 0 Å². The van der Waals surface area contributed by atoms with Crippen molar-refractivity contribution in [3.05, 3.63) is 95.6 Å². The Balaban J connectivity index is 1.23. The Morgan fingerprint density at radius 1 is 0.800 bits per heavy atom. The number of hydroxylamine groups is 2. The van der Waals surface area contributed by atoms with Gasteiger partial charge in [-0.15, -0.1) is 5.06 Å². The van der Waals surface area contributed by atoms with Crippen LogP contribution in [0.1, 0.15) is 56.2 Å². The van der Waals surface area contributed by atoms with E-state index in [0.717, 1.165) is 56.9 Å². The van der Waals surface area contributed by atoms with Crippen molar-refractivity contribution in [3.8, 4) is 23.0 Å². The minimum Gasteiger partial charge on any atom is -0.496 e. The molecule has 1 saturated heterocycles. The van der Waals surface area contributed by atoms with Crippen molar-refractivity contribution in [2.75, 3.05) is 47.6 Å². The molecule has 1 heterocycles. The van der Waals surface area contributed by atoms with Crippen LogP contribution in [0.25, 0.3) is 10.8 Å². The molecule has 0 bridgehead atoms. The van der Waals surface area contributed by atoms with Gasteiger partial charge >= 0.3 is 6.16 Å². The average Bonchev–Trinajstić information content (AvgIpc) is 3.11. The number of hydrogen-bond donors (Lipinski definition) is 0. The van der Waals surface area contributed by atoms with Crippen LogP contribution in [-0.2, 0) is 32.3 Å². The quantitative estimate of drug-likeness (QED) is 0.0902. The molecule has 0 amide bonds. The highest BCUT2D eigenvalue weighted by molar-refractivity contribution is 5.94. The Morgan fingerprint density at radius 3 is 2.24 bits per heavy atom. The van der Waals surface area contributed by atoms with Gasteiger partial charge in [0.05, 0.1) is 60.4 Å². The van der Waals surface area contributed by atoms with E-state index in [2.05, 4.69) is 12.1 Å². The van der Waals surface area contributed by atoms with Gasteiger partial charge in [0.25, 0.3) is 0 Å². The van der Waals surface area contributed by atoms with Gasteiger partial charge in [-0.05, 0) is 57.0 Å². The van der Waals surface area contributed by atoms with E-state index in [-0.39, 0.29) is 18.6 Å². The highest BCUT2D eigenvalue weighted by Crippen LogP contribution is 2.38. The van der Waals surface area contributed by atoms with Gasteiger partial charge in [0.2, 0.25) is 0 Å². The van der Waals surface area contributed by atoms with Gasteiger partial charge in [0.1, 0.15) is 28.6 Å². The van der Waals surface area contributed by atoms with Gasteiger partial charge in [-0.2, -0.15) is 0 Å². The molecule has 2 unspecified atom stereocenters. The third-order valence-corrected chi connectivity index (χ3v) is 8.49. The lowest BCUT2D eigenvalue weighted by Gasteiger charge is -2.37. The molecule has 1 fully saturated rings. The Labute approximate surface area is 295 Å². The van der Waals surface area contributed by atoms with Gasteiger partial charge in [0, 0.05) is 40.8 Å². The van der Waals surface area contributed by atoms with Crippen LogP contribution in [0, 0.1) is 0 Å². The normalized spacial score (nSPS) is 16.5. The summed E-state index contributed by atoms with van der Waals surface area (Å²) >= 11 is 0. The zero-order valence-corrected chi connectivity index (χ0v) is 29.9.